The van der Waals surface area contributed by atoms with Gasteiger partial charge in [0.1, 0.15) is 0 Å². The van der Waals surface area contributed by atoms with Crippen LogP contribution in [0.4, 0.5) is 5.69 Å². The fourth-order valence-electron chi connectivity index (χ4n) is 2.24. The van der Waals surface area contributed by atoms with Crippen molar-refractivity contribution in [2.24, 2.45) is 13.0 Å². The Bertz CT molecular complexity index is 297. The molecule has 1 aromatic heterocycles. The van der Waals surface area contributed by atoms with Crippen LogP contribution in [-0.2, 0) is 7.05 Å². The molecule has 0 bridgehead atoms. The maximum Gasteiger partial charge on any atom is 0.0824 e. The van der Waals surface area contributed by atoms with Gasteiger partial charge in [-0.15, -0.1) is 0 Å². The molecule has 0 aliphatic heterocycles. The van der Waals surface area contributed by atoms with E-state index < -0.39 is 0 Å². The van der Waals surface area contributed by atoms with Crippen LogP contribution in [0.2, 0.25) is 0 Å². The fourth-order valence-corrected chi connectivity index (χ4v) is 2.24. The van der Waals surface area contributed by atoms with Gasteiger partial charge in [-0.25, -0.2) is 0 Å². The first-order valence-electron chi connectivity index (χ1n) is 5.50. The van der Waals surface area contributed by atoms with Gasteiger partial charge < -0.3 is 5.32 Å². The molecule has 3 nitrogen and oxygen atoms in total. The van der Waals surface area contributed by atoms with Crippen LogP contribution in [0.5, 0.6) is 0 Å². The molecule has 2 rings (SSSR count). The van der Waals surface area contributed by atoms with Crippen molar-refractivity contribution >= 4 is 5.69 Å². The first-order chi connectivity index (χ1) is 6.75. The van der Waals surface area contributed by atoms with Crippen LogP contribution in [-0.4, -0.2) is 16.3 Å². The van der Waals surface area contributed by atoms with E-state index in [-0.39, 0.29) is 0 Å². The van der Waals surface area contributed by atoms with E-state index in [9.17, 15) is 0 Å². The molecule has 1 aliphatic rings. The molecule has 0 saturated heterocycles. The molecule has 0 amide bonds. The number of anilines is 1. The Kier molecular flexibility index (Phi) is 2.75. The number of aryl methyl sites for hydroxylation is 2. The third kappa shape index (κ3) is 2.08. The maximum absolute atomic E-state index is 4.31. The van der Waals surface area contributed by atoms with Gasteiger partial charge in [-0.05, 0) is 25.7 Å². The van der Waals surface area contributed by atoms with Crippen molar-refractivity contribution in [3.63, 3.8) is 0 Å². The summed E-state index contributed by atoms with van der Waals surface area (Å²) in [5, 5.41) is 7.80. The van der Waals surface area contributed by atoms with E-state index in [2.05, 4.69) is 23.5 Å². The average Bonchev–Trinajstić information content (AvgIpc) is 2.72. The lowest BCUT2D eigenvalue weighted by Crippen LogP contribution is -2.10. The van der Waals surface area contributed by atoms with Crippen LogP contribution < -0.4 is 5.32 Å². The van der Waals surface area contributed by atoms with Crippen molar-refractivity contribution in [1.29, 1.82) is 0 Å². The third-order valence-corrected chi connectivity index (χ3v) is 3.07. The Morgan fingerprint density at radius 3 is 2.79 bits per heavy atom. The zero-order chi connectivity index (χ0) is 9.97. The molecule has 1 aliphatic carbocycles. The van der Waals surface area contributed by atoms with Crippen LogP contribution >= 0.6 is 0 Å². The van der Waals surface area contributed by atoms with Gasteiger partial charge in [-0.3, -0.25) is 4.68 Å². The van der Waals surface area contributed by atoms with E-state index in [0.29, 0.717) is 0 Å². The van der Waals surface area contributed by atoms with Crippen molar-refractivity contribution in [3.05, 3.63) is 11.9 Å². The fraction of sp³-hybridized carbons (Fsp3) is 0.727. The zero-order valence-corrected chi connectivity index (χ0v) is 9.08. The topological polar surface area (TPSA) is 29.9 Å². The lowest BCUT2D eigenvalue weighted by atomic mass is 10.1. The van der Waals surface area contributed by atoms with Gasteiger partial charge in [-0.1, -0.05) is 12.8 Å². The van der Waals surface area contributed by atoms with Crippen molar-refractivity contribution in [2.75, 3.05) is 11.9 Å². The molecule has 1 saturated carbocycles. The second-order valence-corrected chi connectivity index (χ2v) is 4.33. The van der Waals surface area contributed by atoms with E-state index in [1.807, 2.05) is 11.7 Å². The van der Waals surface area contributed by atoms with E-state index in [4.69, 9.17) is 0 Å². The summed E-state index contributed by atoms with van der Waals surface area (Å²) < 4.78 is 1.87. The van der Waals surface area contributed by atoms with Gasteiger partial charge in [-0.2, -0.15) is 5.10 Å². The van der Waals surface area contributed by atoms with E-state index in [1.54, 1.807) is 0 Å². The van der Waals surface area contributed by atoms with Crippen molar-refractivity contribution in [2.45, 2.75) is 32.6 Å². The van der Waals surface area contributed by atoms with Crippen LogP contribution in [0.15, 0.2) is 6.20 Å². The number of hydrogen-bond donors (Lipinski definition) is 1. The van der Waals surface area contributed by atoms with Gasteiger partial charge in [0.2, 0.25) is 0 Å². The molecule has 3 heteroatoms. The summed E-state index contributed by atoms with van der Waals surface area (Å²) in [6.07, 6.45) is 7.68. The number of nitrogens with one attached hydrogen (secondary N) is 1. The molecule has 0 radical (unpaired) electrons. The molecular formula is C11H19N3. The molecule has 14 heavy (non-hydrogen) atoms. The molecule has 1 fully saturated rings. The third-order valence-electron chi connectivity index (χ3n) is 3.07. The summed E-state index contributed by atoms with van der Waals surface area (Å²) in [7, 11) is 1.97. The lowest BCUT2D eigenvalue weighted by Gasteiger charge is -2.10. The average molecular weight is 193 g/mol. The number of aromatic nitrogens is 2. The van der Waals surface area contributed by atoms with Crippen molar-refractivity contribution in [1.82, 2.24) is 9.78 Å². The highest BCUT2D eigenvalue weighted by molar-refractivity contribution is 5.45. The molecule has 0 unspecified atom stereocenters. The minimum Gasteiger partial charge on any atom is -0.382 e. The minimum absolute atomic E-state index is 0.884. The molecule has 78 valence electrons. The molecule has 0 aromatic carbocycles. The Labute approximate surface area is 85.5 Å². The SMILES string of the molecule is Cc1nn(C)cc1NCC1CCCC1. The van der Waals surface area contributed by atoms with Crippen LogP contribution in [0, 0.1) is 12.8 Å². The van der Waals surface area contributed by atoms with Gasteiger partial charge in [0, 0.05) is 19.8 Å². The highest BCUT2D eigenvalue weighted by atomic mass is 15.3. The Morgan fingerprint density at radius 2 is 2.21 bits per heavy atom. The molecule has 1 N–H and O–H groups in total. The predicted octanol–water partition coefficient (Wildman–Crippen LogP) is 2.33. The quantitative estimate of drug-likeness (QED) is 0.798. The van der Waals surface area contributed by atoms with Crippen molar-refractivity contribution in [3.8, 4) is 0 Å². The van der Waals surface area contributed by atoms with Gasteiger partial charge in [0.25, 0.3) is 0 Å². The smallest absolute Gasteiger partial charge is 0.0824 e. The van der Waals surface area contributed by atoms with E-state index >= 15 is 0 Å². The summed E-state index contributed by atoms with van der Waals surface area (Å²) in [4.78, 5) is 0. The molecule has 0 atom stereocenters. The summed E-state index contributed by atoms with van der Waals surface area (Å²) in [5.74, 6) is 0.884. The maximum atomic E-state index is 4.31. The first kappa shape index (κ1) is 9.56. The summed E-state index contributed by atoms with van der Waals surface area (Å²) >= 11 is 0. The largest absolute Gasteiger partial charge is 0.382 e. The number of hydrogen-bond acceptors (Lipinski definition) is 2. The first-order valence-corrected chi connectivity index (χ1v) is 5.50. The second-order valence-electron chi connectivity index (χ2n) is 4.33. The van der Waals surface area contributed by atoms with Gasteiger partial charge >= 0.3 is 0 Å². The molecule has 1 heterocycles. The highest BCUT2D eigenvalue weighted by Crippen LogP contribution is 2.25. The highest BCUT2D eigenvalue weighted by Gasteiger charge is 2.15. The summed E-state index contributed by atoms with van der Waals surface area (Å²) in [6, 6.07) is 0. The monoisotopic (exact) mass is 193 g/mol. The summed E-state index contributed by atoms with van der Waals surface area (Å²) in [6.45, 7) is 3.17. The summed E-state index contributed by atoms with van der Waals surface area (Å²) in [5.41, 5.74) is 2.30. The second kappa shape index (κ2) is 4.03. The van der Waals surface area contributed by atoms with Crippen LogP contribution in [0.1, 0.15) is 31.4 Å². The zero-order valence-electron chi connectivity index (χ0n) is 9.08. The van der Waals surface area contributed by atoms with E-state index in [1.165, 1.54) is 31.4 Å². The molecule has 0 spiro atoms. The standard InChI is InChI=1S/C11H19N3/c1-9-11(8-14(2)13-9)12-7-10-5-3-4-6-10/h8,10,12H,3-7H2,1-2H3. The molecule has 1 aromatic rings. The number of nitrogens with zero attached hydrogens (tertiary/aromatic N) is 2. The van der Waals surface area contributed by atoms with Crippen LogP contribution in [0.25, 0.3) is 0 Å². The number of rotatable bonds is 3. The van der Waals surface area contributed by atoms with E-state index in [0.717, 1.165) is 18.2 Å². The minimum atomic E-state index is 0.884. The van der Waals surface area contributed by atoms with Gasteiger partial charge in [0.05, 0.1) is 11.4 Å². The Hall–Kier alpha value is -0.990. The molecular weight excluding hydrogens is 174 g/mol. The Morgan fingerprint density at radius 1 is 1.50 bits per heavy atom. The normalized spacial score (nSPS) is 17.6. The lowest BCUT2D eigenvalue weighted by molar-refractivity contribution is 0.579. The van der Waals surface area contributed by atoms with Crippen molar-refractivity contribution < 1.29 is 0 Å². The van der Waals surface area contributed by atoms with Crippen LogP contribution in [0.3, 0.4) is 0 Å². The Balaban J connectivity index is 1.87. The predicted molar refractivity (Wildman–Crippen MR) is 58.4 cm³/mol. The van der Waals surface area contributed by atoms with Gasteiger partial charge in [0.15, 0.2) is 0 Å².